The molecule has 0 fully saturated rings. The fourth-order valence-corrected chi connectivity index (χ4v) is 11.3. The maximum atomic E-state index is 6.97. The van der Waals surface area contributed by atoms with Crippen LogP contribution in [-0.4, -0.2) is 11.3 Å². The molecular weight excluding hydrogens is 781 g/mol. The third-order valence-corrected chi connectivity index (χ3v) is 13.9. The number of furan rings is 2. The Labute approximate surface area is 367 Å². The van der Waals surface area contributed by atoms with E-state index in [4.69, 9.17) is 8.83 Å². The first-order valence-electron chi connectivity index (χ1n) is 22.0. The summed E-state index contributed by atoms with van der Waals surface area (Å²) in [4.78, 5) is 4.87. The second-order valence-electron chi connectivity index (χ2n) is 17.2. The minimum Gasteiger partial charge on any atom is -0.456 e. The molecule has 2 aliphatic heterocycles. The Hall–Kier alpha value is -8.48. The van der Waals surface area contributed by atoms with Crippen LogP contribution in [0.15, 0.2) is 215 Å². The van der Waals surface area contributed by atoms with Gasteiger partial charge in [-0.25, -0.2) is 0 Å². The van der Waals surface area contributed by atoms with E-state index in [2.05, 4.69) is 221 Å². The zero-order valence-electron chi connectivity index (χ0n) is 34.4. The molecule has 15 rings (SSSR count). The van der Waals surface area contributed by atoms with Crippen molar-refractivity contribution < 1.29 is 8.83 Å². The lowest BCUT2D eigenvalue weighted by Gasteiger charge is -2.41. The second-order valence-corrected chi connectivity index (χ2v) is 17.2. The minimum absolute atomic E-state index is 0.170. The van der Waals surface area contributed by atoms with Gasteiger partial charge in [0.25, 0.3) is 0 Å². The van der Waals surface area contributed by atoms with Crippen LogP contribution >= 0.6 is 0 Å². The number of rotatable bonds is 4. The van der Waals surface area contributed by atoms with Crippen molar-refractivity contribution in [3.05, 3.63) is 206 Å². The first kappa shape index (κ1) is 34.2. The highest BCUT2D eigenvalue weighted by Gasteiger charge is 2.45. The van der Waals surface area contributed by atoms with Crippen LogP contribution in [0.4, 0.5) is 34.1 Å². The van der Waals surface area contributed by atoms with Gasteiger partial charge in [0.15, 0.2) is 5.58 Å². The molecule has 0 saturated heterocycles. The van der Waals surface area contributed by atoms with E-state index in [1.165, 1.54) is 54.6 Å². The molecule has 13 aromatic rings. The van der Waals surface area contributed by atoms with E-state index < -0.39 is 0 Å². The van der Waals surface area contributed by atoms with Gasteiger partial charge in [-0.15, -0.1) is 0 Å². The SMILES string of the molecule is c1ccc(N(c2ccccc2)c2ccc3c(c2)N(c2cccc4c2oc2ccccc24)c2c4c(cc5oc6ccccc6c25)-c2cccc5c6cc7ccccc7cc6n(c25)B34)cc1. The summed E-state index contributed by atoms with van der Waals surface area (Å²) in [5, 5.41) is 9.32. The van der Waals surface area contributed by atoms with E-state index in [9.17, 15) is 0 Å². The molecule has 0 saturated carbocycles. The number of hydrogen-bond donors (Lipinski definition) is 0. The van der Waals surface area contributed by atoms with Gasteiger partial charge in [0.1, 0.15) is 16.7 Å². The maximum Gasteiger partial charge on any atom is 0.333 e. The third kappa shape index (κ3) is 4.48. The van der Waals surface area contributed by atoms with E-state index in [1.54, 1.807) is 0 Å². The van der Waals surface area contributed by atoms with Crippen LogP contribution in [0.25, 0.3) is 87.6 Å². The molecule has 5 heterocycles. The smallest absolute Gasteiger partial charge is 0.333 e. The molecule has 6 heteroatoms. The lowest BCUT2D eigenvalue weighted by Crippen LogP contribution is -2.56. The zero-order chi connectivity index (χ0) is 41.6. The molecule has 64 heavy (non-hydrogen) atoms. The van der Waals surface area contributed by atoms with Gasteiger partial charge in [-0.05, 0) is 100 Å². The molecule has 0 aliphatic carbocycles. The van der Waals surface area contributed by atoms with E-state index in [1.807, 2.05) is 0 Å². The van der Waals surface area contributed by atoms with Crippen LogP contribution in [0, 0.1) is 0 Å². The Balaban J connectivity index is 1.14. The highest BCUT2D eigenvalue weighted by atomic mass is 16.3. The van der Waals surface area contributed by atoms with Gasteiger partial charge in [-0.1, -0.05) is 133 Å². The van der Waals surface area contributed by atoms with E-state index >= 15 is 0 Å². The van der Waals surface area contributed by atoms with Crippen LogP contribution < -0.4 is 20.7 Å². The van der Waals surface area contributed by atoms with Crippen molar-refractivity contribution in [1.82, 2.24) is 4.48 Å². The Kier molecular flexibility index (Phi) is 6.70. The number of anilines is 6. The number of hydrogen-bond acceptors (Lipinski definition) is 4. The Bertz CT molecular complexity index is 4070. The van der Waals surface area contributed by atoms with Crippen molar-refractivity contribution in [2.24, 2.45) is 0 Å². The van der Waals surface area contributed by atoms with E-state index in [0.717, 1.165) is 78.0 Å². The molecule has 3 aromatic heterocycles. The van der Waals surface area contributed by atoms with Crippen molar-refractivity contribution >= 4 is 128 Å². The van der Waals surface area contributed by atoms with Crippen molar-refractivity contribution in [3.63, 3.8) is 0 Å². The average molecular weight is 816 g/mol. The number of para-hydroxylation sites is 6. The van der Waals surface area contributed by atoms with Crippen molar-refractivity contribution in [3.8, 4) is 11.1 Å². The quantitative estimate of drug-likeness (QED) is 0.166. The van der Waals surface area contributed by atoms with Crippen molar-refractivity contribution in [2.75, 3.05) is 9.80 Å². The van der Waals surface area contributed by atoms with Gasteiger partial charge < -0.3 is 23.1 Å². The lowest BCUT2D eigenvalue weighted by molar-refractivity contribution is 0.668. The summed E-state index contributed by atoms with van der Waals surface area (Å²) in [5.41, 5.74) is 17.1. The van der Waals surface area contributed by atoms with Crippen LogP contribution in [0.1, 0.15) is 0 Å². The summed E-state index contributed by atoms with van der Waals surface area (Å²) in [7, 11) is 0. The normalized spacial score (nSPS) is 12.9. The van der Waals surface area contributed by atoms with Gasteiger partial charge in [-0.2, -0.15) is 0 Å². The fourth-order valence-electron chi connectivity index (χ4n) is 11.3. The summed E-state index contributed by atoms with van der Waals surface area (Å²) in [5.74, 6) is 0. The largest absolute Gasteiger partial charge is 0.456 e. The summed E-state index contributed by atoms with van der Waals surface area (Å²) in [6.07, 6.45) is 0. The van der Waals surface area contributed by atoms with Crippen molar-refractivity contribution in [2.45, 2.75) is 0 Å². The molecule has 0 atom stereocenters. The summed E-state index contributed by atoms with van der Waals surface area (Å²) in [6, 6.07) is 74.6. The van der Waals surface area contributed by atoms with Gasteiger partial charge in [0.05, 0.1) is 16.8 Å². The monoisotopic (exact) mass is 815 g/mol. The Morgan fingerprint density at radius 2 is 1.08 bits per heavy atom. The number of fused-ring (bicyclic) bond motifs is 15. The number of aromatic nitrogens is 1. The predicted molar refractivity (Wildman–Crippen MR) is 267 cm³/mol. The highest BCUT2D eigenvalue weighted by molar-refractivity contribution is 6.90. The van der Waals surface area contributed by atoms with Crippen LogP contribution in [0.2, 0.25) is 0 Å². The second kappa shape index (κ2) is 12.6. The van der Waals surface area contributed by atoms with Gasteiger partial charge in [0.2, 0.25) is 0 Å². The Morgan fingerprint density at radius 1 is 0.422 bits per heavy atom. The molecule has 2 aliphatic rings. The topological polar surface area (TPSA) is 37.7 Å². The lowest BCUT2D eigenvalue weighted by atomic mass is 9.45. The molecule has 0 unspecified atom stereocenters. The summed E-state index contributed by atoms with van der Waals surface area (Å²) in [6.45, 7) is -0.170. The highest BCUT2D eigenvalue weighted by Crippen LogP contribution is 2.52. The fraction of sp³-hybridized carbons (Fsp3) is 0. The summed E-state index contributed by atoms with van der Waals surface area (Å²) >= 11 is 0. The zero-order valence-corrected chi connectivity index (χ0v) is 34.4. The van der Waals surface area contributed by atoms with Gasteiger partial charge >= 0.3 is 6.85 Å². The average Bonchev–Trinajstić information content (AvgIpc) is 4.03. The Morgan fingerprint density at radius 3 is 1.88 bits per heavy atom. The third-order valence-electron chi connectivity index (χ3n) is 13.9. The molecule has 5 nitrogen and oxygen atoms in total. The number of nitrogens with zero attached hydrogens (tertiary/aromatic N) is 3. The summed E-state index contributed by atoms with van der Waals surface area (Å²) < 4.78 is 16.6. The molecule has 10 aromatic carbocycles. The molecule has 0 amide bonds. The van der Waals surface area contributed by atoms with E-state index in [0.29, 0.717) is 0 Å². The first-order valence-corrected chi connectivity index (χ1v) is 22.0. The molecule has 296 valence electrons. The maximum absolute atomic E-state index is 6.97. The van der Waals surface area contributed by atoms with Crippen molar-refractivity contribution in [1.29, 1.82) is 0 Å². The molecule has 0 bridgehead atoms. The van der Waals surface area contributed by atoms with E-state index in [-0.39, 0.29) is 6.85 Å². The number of benzene rings is 10. The van der Waals surface area contributed by atoms with Crippen LogP contribution in [-0.2, 0) is 0 Å². The minimum atomic E-state index is -0.170. The van der Waals surface area contributed by atoms with Gasteiger partial charge in [0, 0.05) is 66.3 Å². The van der Waals surface area contributed by atoms with Gasteiger partial charge in [-0.3, -0.25) is 0 Å². The van der Waals surface area contributed by atoms with Crippen LogP contribution in [0.5, 0.6) is 0 Å². The standard InChI is InChI=1S/C58H34BN3O2/c1-3-17-37(18-4-1)60(38-19-5-2-6-20-38)39-29-30-47-50(33-39)61(48-26-14-25-43-40-21-9-11-27-51(40)64-58(43)48)57-54-44-22-10-12-28-52(44)63-53(54)34-46-42-24-13-23-41-45-31-35-15-7-8-16-36(35)32-49(45)62(56(41)42)59(47)55(46)57/h1-34H. The predicted octanol–water partition coefficient (Wildman–Crippen LogP) is 14.6. The molecular formula is C58H34BN3O2. The molecule has 0 radical (unpaired) electrons. The molecule has 0 spiro atoms. The van der Waals surface area contributed by atoms with Crippen LogP contribution in [0.3, 0.4) is 0 Å². The first-order chi connectivity index (χ1) is 31.8. The molecule has 0 N–H and O–H groups in total.